The van der Waals surface area contributed by atoms with Crippen molar-refractivity contribution in [3.8, 4) is 0 Å². The van der Waals surface area contributed by atoms with E-state index in [0.717, 1.165) is 0 Å². The Balaban J connectivity index is 5.19. The van der Waals surface area contributed by atoms with E-state index >= 15 is 0 Å². The molecule has 1 unspecified atom stereocenters. The molecule has 0 spiro atoms. The average Bonchev–Trinajstić information content (AvgIpc) is 2.13. The van der Waals surface area contributed by atoms with Gasteiger partial charge in [0, 0.05) is 6.54 Å². The number of alkyl halides is 3. The standard InChI is InChI=1S/C10H16F3NO3/c1-4-5-14(9(17)10(11,12)13)7(6(2)3)8(15)16/h6-7H,4-5H2,1-3H3,(H,15,16). The Hall–Kier alpha value is -1.27. The van der Waals surface area contributed by atoms with E-state index < -0.39 is 30.0 Å². The summed E-state index contributed by atoms with van der Waals surface area (Å²) in [5.74, 6) is -4.11. The van der Waals surface area contributed by atoms with Crippen molar-refractivity contribution in [1.82, 2.24) is 4.90 Å². The molecule has 0 saturated heterocycles. The number of nitrogens with zero attached hydrogens (tertiary/aromatic N) is 1. The Morgan fingerprint density at radius 2 is 1.76 bits per heavy atom. The molecule has 4 nitrogen and oxygen atoms in total. The van der Waals surface area contributed by atoms with E-state index in [1.54, 1.807) is 6.92 Å². The quantitative estimate of drug-likeness (QED) is 0.816. The number of carbonyl (C=O) groups is 2. The molecule has 1 amide bonds. The van der Waals surface area contributed by atoms with Crippen LogP contribution >= 0.6 is 0 Å². The summed E-state index contributed by atoms with van der Waals surface area (Å²) in [4.78, 5) is 22.5. The summed E-state index contributed by atoms with van der Waals surface area (Å²) < 4.78 is 37.0. The van der Waals surface area contributed by atoms with Crippen molar-refractivity contribution in [3.63, 3.8) is 0 Å². The molecule has 0 rings (SSSR count). The van der Waals surface area contributed by atoms with Gasteiger partial charge in [-0.25, -0.2) is 4.79 Å². The van der Waals surface area contributed by atoms with Crippen LogP contribution in [0.25, 0.3) is 0 Å². The van der Waals surface area contributed by atoms with E-state index in [1.807, 2.05) is 0 Å². The van der Waals surface area contributed by atoms with Crippen LogP contribution in [0.1, 0.15) is 27.2 Å². The number of halogens is 3. The van der Waals surface area contributed by atoms with Crippen molar-refractivity contribution in [2.24, 2.45) is 5.92 Å². The Labute approximate surface area is 97.4 Å². The molecule has 7 heteroatoms. The van der Waals surface area contributed by atoms with Crippen LogP contribution < -0.4 is 0 Å². The highest BCUT2D eigenvalue weighted by atomic mass is 19.4. The Kier molecular flexibility index (Phi) is 5.44. The molecule has 0 radical (unpaired) electrons. The van der Waals surface area contributed by atoms with Crippen molar-refractivity contribution in [3.05, 3.63) is 0 Å². The zero-order valence-corrected chi connectivity index (χ0v) is 9.91. The number of hydrogen-bond acceptors (Lipinski definition) is 2. The maximum atomic E-state index is 12.3. The first-order valence-corrected chi connectivity index (χ1v) is 5.23. The van der Waals surface area contributed by atoms with Crippen LogP contribution in [0.2, 0.25) is 0 Å². The largest absolute Gasteiger partial charge is 0.480 e. The summed E-state index contributed by atoms with van der Waals surface area (Å²) in [5, 5.41) is 8.89. The highest BCUT2D eigenvalue weighted by Crippen LogP contribution is 2.22. The van der Waals surface area contributed by atoms with Gasteiger partial charge in [-0.3, -0.25) is 4.79 Å². The minimum atomic E-state index is -5.04. The van der Waals surface area contributed by atoms with Crippen LogP contribution in [0.4, 0.5) is 13.2 Å². The summed E-state index contributed by atoms with van der Waals surface area (Å²) in [6.45, 7) is 4.28. The average molecular weight is 255 g/mol. The van der Waals surface area contributed by atoms with Gasteiger partial charge in [0.15, 0.2) is 0 Å². The molecule has 17 heavy (non-hydrogen) atoms. The molecule has 0 heterocycles. The zero-order valence-electron chi connectivity index (χ0n) is 9.91. The lowest BCUT2D eigenvalue weighted by molar-refractivity contribution is -0.191. The Bertz CT molecular complexity index is 289. The van der Waals surface area contributed by atoms with Gasteiger partial charge in [0.2, 0.25) is 0 Å². The molecule has 0 bridgehead atoms. The van der Waals surface area contributed by atoms with Crippen LogP contribution in [-0.2, 0) is 9.59 Å². The number of rotatable bonds is 5. The molecule has 1 N–H and O–H groups in total. The van der Waals surface area contributed by atoms with Gasteiger partial charge in [0.05, 0.1) is 0 Å². The van der Waals surface area contributed by atoms with Gasteiger partial charge in [-0.15, -0.1) is 0 Å². The van der Waals surface area contributed by atoms with Crippen LogP contribution in [0.15, 0.2) is 0 Å². The Morgan fingerprint density at radius 1 is 1.29 bits per heavy atom. The zero-order chi connectivity index (χ0) is 13.8. The molecule has 0 saturated carbocycles. The van der Waals surface area contributed by atoms with Crippen molar-refractivity contribution in [1.29, 1.82) is 0 Å². The van der Waals surface area contributed by atoms with E-state index in [-0.39, 0.29) is 13.0 Å². The minimum Gasteiger partial charge on any atom is -0.480 e. The van der Waals surface area contributed by atoms with Gasteiger partial charge < -0.3 is 10.0 Å². The predicted molar refractivity (Wildman–Crippen MR) is 54.3 cm³/mol. The third-order valence-corrected chi connectivity index (χ3v) is 2.19. The molecule has 1 atom stereocenters. The molecule has 0 aromatic heterocycles. The lowest BCUT2D eigenvalue weighted by Crippen LogP contribution is -2.52. The molecular formula is C10H16F3NO3. The monoisotopic (exact) mass is 255 g/mol. The normalized spacial score (nSPS) is 13.6. The fourth-order valence-electron chi connectivity index (χ4n) is 1.55. The second-order valence-corrected chi connectivity index (χ2v) is 4.02. The SMILES string of the molecule is CCCN(C(=O)C(F)(F)F)C(C(=O)O)C(C)C. The highest BCUT2D eigenvalue weighted by Gasteiger charge is 2.46. The fraction of sp³-hybridized carbons (Fsp3) is 0.800. The number of aliphatic carboxylic acids is 1. The number of amides is 1. The van der Waals surface area contributed by atoms with Crippen LogP contribution in [0.3, 0.4) is 0 Å². The number of carboxylic acids is 1. The van der Waals surface area contributed by atoms with Crippen molar-refractivity contribution < 1.29 is 27.9 Å². The van der Waals surface area contributed by atoms with E-state index in [1.165, 1.54) is 13.8 Å². The van der Waals surface area contributed by atoms with Gasteiger partial charge in [-0.05, 0) is 12.3 Å². The van der Waals surface area contributed by atoms with E-state index in [9.17, 15) is 22.8 Å². The van der Waals surface area contributed by atoms with Crippen molar-refractivity contribution in [2.45, 2.75) is 39.4 Å². The van der Waals surface area contributed by atoms with E-state index in [4.69, 9.17) is 5.11 Å². The minimum absolute atomic E-state index is 0.229. The lowest BCUT2D eigenvalue weighted by Gasteiger charge is -2.31. The fourth-order valence-corrected chi connectivity index (χ4v) is 1.55. The summed E-state index contributed by atoms with van der Waals surface area (Å²) in [6.07, 6.45) is -4.78. The summed E-state index contributed by atoms with van der Waals surface area (Å²) >= 11 is 0. The van der Waals surface area contributed by atoms with Crippen LogP contribution in [-0.4, -0.2) is 40.6 Å². The maximum Gasteiger partial charge on any atom is 0.471 e. The summed E-state index contributed by atoms with van der Waals surface area (Å²) in [7, 11) is 0. The molecule has 0 aliphatic heterocycles. The molecular weight excluding hydrogens is 239 g/mol. The molecule has 100 valence electrons. The smallest absolute Gasteiger partial charge is 0.471 e. The van der Waals surface area contributed by atoms with Crippen molar-refractivity contribution >= 4 is 11.9 Å². The first-order valence-electron chi connectivity index (χ1n) is 5.23. The van der Waals surface area contributed by atoms with Crippen LogP contribution in [0, 0.1) is 5.92 Å². The first kappa shape index (κ1) is 15.7. The van der Waals surface area contributed by atoms with Crippen molar-refractivity contribution in [2.75, 3.05) is 6.54 Å². The topological polar surface area (TPSA) is 57.6 Å². The van der Waals surface area contributed by atoms with Gasteiger partial charge in [-0.2, -0.15) is 13.2 Å². The number of hydrogen-bond donors (Lipinski definition) is 1. The van der Waals surface area contributed by atoms with Gasteiger partial charge in [0.1, 0.15) is 6.04 Å². The maximum absolute atomic E-state index is 12.3. The summed E-state index contributed by atoms with van der Waals surface area (Å²) in [5.41, 5.74) is 0. The second kappa shape index (κ2) is 5.88. The second-order valence-electron chi connectivity index (χ2n) is 4.02. The third-order valence-electron chi connectivity index (χ3n) is 2.19. The van der Waals surface area contributed by atoms with Gasteiger partial charge in [0.25, 0.3) is 0 Å². The molecule has 0 fully saturated rings. The van der Waals surface area contributed by atoms with Crippen LogP contribution in [0.5, 0.6) is 0 Å². The van der Waals surface area contributed by atoms with E-state index in [2.05, 4.69) is 0 Å². The Morgan fingerprint density at radius 3 is 2.00 bits per heavy atom. The highest BCUT2D eigenvalue weighted by molar-refractivity contribution is 5.87. The predicted octanol–water partition coefficient (Wildman–Crippen LogP) is 1.90. The van der Waals surface area contributed by atoms with Gasteiger partial charge >= 0.3 is 18.1 Å². The third kappa shape index (κ3) is 4.24. The molecule has 0 aromatic rings. The number of carbonyl (C=O) groups excluding carboxylic acids is 1. The molecule has 0 aliphatic rings. The first-order chi connectivity index (χ1) is 7.62. The molecule has 0 aromatic carbocycles. The van der Waals surface area contributed by atoms with E-state index in [0.29, 0.717) is 4.90 Å². The van der Waals surface area contributed by atoms with Gasteiger partial charge in [-0.1, -0.05) is 20.8 Å². The molecule has 0 aliphatic carbocycles. The lowest BCUT2D eigenvalue weighted by atomic mass is 10.0. The summed E-state index contributed by atoms with van der Waals surface area (Å²) in [6, 6.07) is -1.45. The number of carboxylic acid groups (broad SMARTS) is 1.